The fraction of sp³-hybridized carbons (Fsp3) is 0. The number of aromatic nitrogens is 2. The Labute approximate surface area is 85.2 Å². The summed E-state index contributed by atoms with van der Waals surface area (Å²) in [6.07, 6.45) is 1.85. The second-order valence-electron chi connectivity index (χ2n) is 3.15. The summed E-state index contributed by atoms with van der Waals surface area (Å²) < 4.78 is 0. The molecule has 14 heavy (non-hydrogen) atoms. The quantitative estimate of drug-likeness (QED) is 0.641. The van der Waals surface area contributed by atoms with Crippen LogP contribution < -0.4 is 0 Å². The highest BCUT2D eigenvalue weighted by Crippen LogP contribution is 2.26. The topological polar surface area (TPSA) is 28.7 Å². The predicted molar refractivity (Wildman–Crippen MR) is 59.4 cm³/mol. The van der Waals surface area contributed by atoms with Gasteiger partial charge < -0.3 is 0 Å². The van der Waals surface area contributed by atoms with E-state index < -0.39 is 0 Å². The van der Waals surface area contributed by atoms with Gasteiger partial charge in [-0.05, 0) is 29.1 Å². The first-order valence-corrected chi connectivity index (χ1v) is 5.28. The molecule has 0 saturated carbocycles. The van der Waals surface area contributed by atoms with Gasteiger partial charge in [0.25, 0.3) is 0 Å². The van der Waals surface area contributed by atoms with Crippen LogP contribution in [0.25, 0.3) is 21.3 Å². The molecule has 2 aromatic heterocycles. The van der Waals surface area contributed by atoms with E-state index in [0.717, 1.165) is 10.9 Å². The highest BCUT2D eigenvalue weighted by Gasteiger charge is 2.00. The lowest BCUT2D eigenvalue weighted by atomic mass is 10.1. The molecule has 0 aliphatic rings. The highest BCUT2D eigenvalue weighted by atomic mass is 32.1. The van der Waals surface area contributed by atoms with Gasteiger partial charge in [0.15, 0.2) is 0 Å². The summed E-state index contributed by atoms with van der Waals surface area (Å²) in [5.74, 6) is 0. The Morgan fingerprint density at radius 1 is 1.21 bits per heavy atom. The molecule has 3 aromatic rings. The summed E-state index contributed by atoms with van der Waals surface area (Å²) >= 11 is 1.76. The maximum absolute atomic E-state index is 4.00. The second-order valence-corrected chi connectivity index (χ2v) is 4.10. The zero-order chi connectivity index (χ0) is 9.38. The van der Waals surface area contributed by atoms with Crippen LogP contribution in [-0.4, -0.2) is 10.2 Å². The second kappa shape index (κ2) is 2.96. The zero-order valence-corrected chi connectivity index (χ0v) is 8.21. The minimum Gasteiger partial charge on any atom is -0.278 e. The molecule has 0 unspecified atom stereocenters. The van der Waals surface area contributed by atoms with E-state index in [0.29, 0.717) is 0 Å². The third-order valence-electron chi connectivity index (χ3n) is 2.25. The molecule has 0 amide bonds. The molecule has 3 heteroatoms. The molecule has 2 heterocycles. The monoisotopic (exact) mass is 200 g/mol. The van der Waals surface area contributed by atoms with Crippen molar-refractivity contribution in [1.82, 2.24) is 10.2 Å². The first kappa shape index (κ1) is 7.76. The number of hydrogen-bond donors (Lipinski definition) is 1. The normalized spacial score (nSPS) is 10.9. The number of thiophene rings is 1. The van der Waals surface area contributed by atoms with Crippen LogP contribution in [0.5, 0.6) is 0 Å². The fourth-order valence-electron chi connectivity index (χ4n) is 1.54. The Morgan fingerprint density at radius 2 is 2.21 bits per heavy atom. The van der Waals surface area contributed by atoms with E-state index in [4.69, 9.17) is 0 Å². The van der Waals surface area contributed by atoms with E-state index in [1.54, 1.807) is 11.3 Å². The largest absolute Gasteiger partial charge is 0.278 e. The Hall–Kier alpha value is -1.61. The molecule has 3 rings (SSSR count). The molecule has 0 atom stereocenters. The lowest BCUT2D eigenvalue weighted by molar-refractivity contribution is 1.12. The number of fused-ring (bicyclic) bond motifs is 1. The van der Waals surface area contributed by atoms with Crippen LogP contribution in [0.15, 0.2) is 41.9 Å². The van der Waals surface area contributed by atoms with Crippen LogP contribution in [0.2, 0.25) is 0 Å². The van der Waals surface area contributed by atoms with Crippen molar-refractivity contribution >= 4 is 22.2 Å². The van der Waals surface area contributed by atoms with Crippen LogP contribution in [0.3, 0.4) is 0 Å². The minimum absolute atomic E-state index is 1.09. The Morgan fingerprint density at radius 3 is 3.07 bits per heavy atom. The van der Waals surface area contributed by atoms with Gasteiger partial charge in [-0.15, -0.1) is 11.3 Å². The lowest BCUT2D eigenvalue weighted by Crippen LogP contribution is -1.72. The number of aromatic amines is 1. The Bertz CT molecular complexity index is 551. The van der Waals surface area contributed by atoms with Crippen molar-refractivity contribution in [3.63, 3.8) is 0 Å². The number of H-pyrrole nitrogens is 1. The minimum atomic E-state index is 1.09. The van der Waals surface area contributed by atoms with Crippen molar-refractivity contribution in [2.45, 2.75) is 0 Å². The molecule has 0 aliphatic carbocycles. The molecule has 0 spiro atoms. The summed E-state index contributed by atoms with van der Waals surface area (Å²) in [7, 11) is 0. The molecular weight excluding hydrogens is 192 g/mol. The number of nitrogens with one attached hydrogen (secondary N) is 1. The van der Waals surface area contributed by atoms with E-state index in [1.165, 1.54) is 10.4 Å². The van der Waals surface area contributed by atoms with Gasteiger partial charge >= 0.3 is 0 Å². The maximum Gasteiger partial charge on any atom is 0.0650 e. The first-order chi connectivity index (χ1) is 6.93. The number of nitrogens with zero attached hydrogens (tertiary/aromatic N) is 1. The summed E-state index contributed by atoms with van der Waals surface area (Å²) in [6, 6.07) is 10.5. The molecule has 68 valence electrons. The molecule has 1 aromatic carbocycles. The number of rotatable bonds is 1. The molecular formula is C11H8N2S. The van der Waals surface area contributed by atoms with E-state index in [2.05, 4.69) is 45.9 Å². The molecule has 0 aliphatic heterocycles. The van der Waals surface area contributed by atoms with E-state index >= 15 is 0 Å². The summed E-state index contributed by atoms with van der Waals surface area (Å²) in [5.41, 5.74) is 2.35. The first-order valence-electron chi connectivity index (χ1n) is 4.40. The number of benzene rings is 1. The Balaban J connectivity index is 2.23. The predicted octanol–water partition coefficient (Wildman–Crippen LogP) is 3.29. The van der Waals surface area contributed by atoms with Crippen molar-refractivity contribution in [2.24, 2.45) is 0 Å². The molecule has 1 N–H and O–H groups in total. The maximum atomic E-state index is 4.00. The summed E-state index contributed by atoms with van der Waals surface area (Å²) in [6.45, 7) is 0. The average Bonchev–Trinajstić information content (AvgIpc) is 2.88. The van der Waals surface area contributed by atoms with Crippen LogP contribution in [0.1, 0.15) is 0 Å². The van der Waals surface area contributed by atoms with Crippen molar-refractivity contribution in [3.8, 4) is 10.4 Å². The highest BCUT2D eigenvalue weighted by molar-refractivity contribution is 7.13. The van der Waals surface area contributed by atoms with Crippen LogP contribution in [0.4, 0.5) is 0 Å². The fourth-order valence-corrected chi connectivity index (χ4v) is 2.26. The van der Waals surface area contributed by atoms with Crippen molar-refractivity contribution in [2.75, 3.05) is 0 Å². The van der Waals surface area contributed by atoms with Crippen molar-refractivity contribution in [3.05, 3.63) is 41.9 Å². The third kappa shape index (κ3) is 1.14. The van der Waals surface area contributed by atoms with Crippen LogP contribution >= 0.6 is 11.3 Å². The van der Waals surface area contributed by atoms with Gasteiger partial charge in [-0.3, -0.25) is 5.10 Å². The summed E-state index contributed by atoms with van der Waals surface area (Å²) in [4.78, 5) is 1.30. The van der Waals surface area contributed by atoms with Gasteiger partial charge in [-0.1, -0.05) is 12.1 Å². The zero-order valence-electron chi connectivity index (χ0n) is 7.40. The van der Waals surface area contributed by atoms with Gasteiger partial charge in [-0.25, -0.2) is 0 Å². The van der Waals surface area contributed by atoms with Crippen LogP contribution in [-0.2, 0) is 0 Å². The standard InChI is InChI=1S/C11H8N2S/c1-2-11(14-5-1)8-3-4-10-9(6-8)7-12-13-10/h1-7H,(H,12,13). The molecule has 0 bridgehead atoms. The van der Waals surface area contributed by atoms with Gasteiger partial charge in [0, 0.05) is 10.3 Å². The summed E-state index contributed by atoms with van der Waals surface area (Å²) in [5, 5.41) is 10.2. The van der Waals surface area contributed by atoms with Gasteiger partial charge in [0.1, 0.15) is 0 Å². The van der Waals surface area contributed by atoms with Gasteiger partial charge in [0.2, 0.25) is 0 Å². The average molecular weight is 200 g/mol. The van der Waals surface area contributed by atoms with Gasteiger partial charge in [0.05, 0.1) is 11.7 Å². The molecule has 2 nitrogen and oxygen atoms in total. The van der Waals surface area contributed by atoms with E-state index in [9.17, 15) is 0 Å². The van der Waals surface area contributed by atoms with Crippen molar-refractivity contribution < 1.29 is 0 Å². The Kier molecular flexibility index (Phi) is 1.64. The number of hydrogen-bond acceptors (Lipinski definition) is 2. The SMILES string of the molecule is c1csc(-c2ccc3[nH]ncc3c2)c1. The smallest absolute Gasteiger partial charge is 0.0650 e. The van der Waals surface area contributed by atoms with E-state index in [1.807, 2.05) is 6.20 Å². The molecule has 0 saturated heterocycles. The van der Waals surface area contributed by atoms with Crippen LogP contribution in [0, 0.1) is 0 Å². The molecule has 0 fully saturated rings. The third-order valence-corrected chi connectivity index (χ3v) is 3.16. The van der Waals surface area contributed by atoms with E-state index in [-0.39, 0.29) is 0 Å². The lowest BCUT2D eigenvalue weighted by Gasteiger charge is -1.96. The van der Waals surface area contributed by atoms with Gasteiger partial charge in [-0.2, -0.15) is 5.10 Å². The molecule has 0 radical (unpaired) electrons. The van der Waals surface area contributed by atoms with Crippen molar-refractivity contribution in [1.29, 1.82) is 0 Å².